The van der Waals surface area contributed by atoms with Crippen LogP contribution in [0.1, 0.15) is 48.7 Å². The Kier molecular flexibility index (Phi) is 6.83. The summed E-state index contributed by atoms with van der Waals surface area (Å²) in [5, 5.41) is 9.93. The summed E-state index contributed by atoms with van der Waals surface area (Å²) in [6.45, 7) is 5.28. The van der Waals surface area contributed by atoms with Gasteiger partial charge in [0.25, 0.3) is 15.9 Å². The molecule has 1 amide bonds. The van der Waals surface area contributed by atoms with Gasteiger partial charge in [0.15, 0.2) is 0 Å². The average molecular weight is 474 g/mol. The van der Waals surface area contributed by atoms with Crippen molar-refractivity contribution in [2.24, 2.45) is 0 Å². The minimum atomic E-state index is -3.93. The average Bonchev–Trinajstić information content (AvgIpc) is 2.99. The van der Waals surface area contributed by atoms with Crippen molar-refractivity contribution in [3.8, 4) is 11.5 Å². The zero-order chi connectivity index (χ0) is 24.4. The van der Waals surface area contributed by atoms with Crippen LogP contribution in [0.4, 0.5) is 0 Å². The molecule has 176 valence electrons. The highest BCUT2D eigenvalue weighted by Gasteiger charge is 2.44. The van der Waals surface area contributed by atoms with Crippen LogP contribution in [0.5, 0.6) is 11.5 Å². The fourth-order valence-electron chi connectivity index (χ4n) is 3.67. The topological polar surface area (TPSA) is 110 Å². The van der Waals surface area contributed by atoms with E-state index in [4.69, 9.17) is 4.74 Å². The number of rotatable bonds is 7. The van der Waals surface area contributed by atoms with Crippen LogP contribution in [0.25, 0.3) is 4.91 Å². The number of aromatic hydroxyl groups is 1. The number of sulfonamides is 1. The van der Waals surface area contributed by atoms with Gasteiger partial charge >= 0.3 is 5.97 Å². The number of phenolic OH excluding ortho intramolecular Hbond substituents is 1. The van der Waals surface area contributed by atoms with Crippen LogP contribution < -0.4 is 4.74 Å². The van der Waals surface area contributed by atoms with Crippen molar-refractivity contribution in [3.63, 3.8) is 0 Å². The molecular formula is C24H27NO7S. The quantitative estimate of drug-likeness (QED) is 0.484. The Bertz CT molecular complexity index is 1210. The minimum absolute atomic E-state index is 0.0111. The number of carbonyl (C=O) groups excluding carboxylic acids is 2. The number of amides is 1. The maximum Gasteiger partial charge on any atom is 0.345 e. The third kappa shape index (κ3) is 5.03. The first-order valence-electron chi connectivity index (χ1n) is 10.4. The third-order valence-corrected chi connectivity index (χ3v) is 7.17. The van der Waals surface area contributed by atoms with E-state index in [0.29, 0.717) is 18.4 Å². The van der Waals surface area contributed by atoms with Crippen LogP contribution in [-0.2, 0) is 26.0 Å². The molecule has 0 bridgehead atoms. The van der Waals surface area contributed by atoms with Crippen LogP contribution >= 0.6 is 0 Å². The molecule has 0 aromatic heterocycles. The number of hydrogen-bond acceptors (Lipinski definition) is 7. The Hall–Kier alpha value is -3.33. The van der Waals surface area contributed by atoms with Gasteiger partial charge in [0, 0.05) is 6.08 Å². The number of phenols is 1. The van der Waals surface area contributed by atoms with Gasteiger partial charge in [-0.1, -0.05) is 30.3 Å². The second-order valence-electron chi connectivity index (χ2n) is 8.58. The number of nitrogens with zero attached hydrogens (tertiary/aromatic N) is 1. The van der Waals surface area contributed by atoms with Gasteiger partial charge in [-0.2, -0.15) is 0 Å². The maximum absolute atomic E-state index is 13.0. The van der Waals surface area contributed by atoms with Crippen molar-refractivity contribution in [1.82, 2.24) is 4.31 Å². The molecule has 0 spiro atoms. The summed E-state index contributed by atoms with van der Waals surface area (Å²) in [6, 6.07) is 11.5. The van der Waals surface area contributed by atoms with E-state index in [-0.39, 0.29) is 28.6 Å². The van der Waals surface area contributed by atoms with Gasteiger partial charge in [-0.15, -0.1) is 0 Å². The van der Waals surface area contributed by atoms with E-state index >= 15 is 0 Å². The standard InChI is InChI=1S/C24H27NO7S/c1-24(2,3)25-21(27)15-20(33(25,29)30)17-10-5-8-16(14-17)9-7-13-32-19-12-6-11-18(26)22(19)23(28)31-4/h5-6,8,10-12,14-15,26H,7,9,13H2,1-4H3. The first kappa shape index (κ1) is 24.3. The van der Waals surface area contributed by atoms with E-state index < -0.39 is 27.4 Å². The van der Waals surface area contributed by atoms with E-state index in [2.05, 4.69) is 4.74 Å². The second kappa shape index (κ2) is 9.27. The normalized spacial score (nSPS) is 15.3. The largest absolute Gasteiger partial charge is 0.507 e. The Morgan fingerprint density at radius 1 is 1.12 bits per heavy atom. The van der Waals surface area contributed by atoms with E-state index in [1.807, 2.05) is 6.07 Å². The SMILES string of the molecule is COC(=O)c1c(O)cccc1OCCCc1cccc(C2=CC(=O)N(C(C)(C)C)S2(=O)=O)c1. The molecule has 1 heterocycles. The number of carbonyl (C=O) groups is 2. The highest BCUT2D eigenvalue weighted by Crippen LogP contribution is 2.35. The predicted molar refractivity (Wildman–Crippen MR) is 123 cm³/mol. The molecule has 0 fully saturated rings. The summed E-state index contributed by atoms with van der Waals surface area (Å²) < 4.78 is 37.2. The molecular weight excluding hydrogens is 446 g/mol. The van der Waals surface area contributed by atoms with Crippen LogP contribution in [0.15, 0.2) is 48.5 Å². The van der Waals surface area contributed by atoms with E-state index in [1.165, 1.54) is 19.3 Å². The van der Waals surface area contributed by atoms with Crippen molar-refractivity contribution < 1.29 is 32.6 Å². The first-order chi connectivity index (χ1) is 15.5. The fourth-order valence-corrected chi connectivity index (χ4v) is 5.55. The molecule has 9 heteroatoms. The van der Waals surface area contributed by atoms with Gasteiger partial charge in [0.2, 0.25) is 0 Å². The summed E-state index contributed by atoms with van der Waals surface area (Å²) in [5.74, 6) is -1.25. The number of aryl methyl sites for hydroxylation is 1. The molecule has 0 radical (unpaired) electrons. The molecule has 2 aromatic rings. The summed E-state index contributed by atoms with van der Waals surface area (Å²) in [4.78, 5) is 24.3. The van der Waals surface area contributed by atoms with Gasteiger partial charge < -0.3 is 14.6 Å². The van der Waals surface area contributed by atoms with Gasteiger partial charge in [-0.05, 0) is 56.9 Å². The van der Waals surface area contributed by atoms with Gasteiger partial charge in [-0.3, -0.25) is 4.79 Å². The lowest BCUT2D eigenvalue weighted by Crippen LogP contribution is -2.45. The molecule has 33 heavy (non-hydrogen) atoms. The monoisotopic (exact) mass is 473 g/mol. The number of methoxy groups -OCH3 is 1. The molecule has 1 aliphatic heterocycles. The molecule has 0 aliphatic carbocycles. The van der Waals surface area contributed by atoms with Crippen molar-refractivity contribution in [2.75, 3.05) is 13.7 Å². The van der Waals surface area contributed by atoms with Gasteiger partial charge in [0.05, 0.1) is 19.3 Å². The number of esters is 1. The van der Waals surface area contributed by atoms with Crippen LogP contribution in [0, 0.1) is 0 Å². The van der Waals surface area contributed by atoms with Crippen molar-refractivity contribution >= 4 is 26.8 Å². The highest BCUT2D eigenvalue weighted by molar-refractivity contribution is 7.99. The Morgan fingerprint density at radius 2 is 1.82 bits per heavy atom. The van der Waals surface area contributed by atoms with Crippen molar-refractivity contribution in [3.05, 3.63) is 65.2 Å². The smallest absolute Gasteiger partial charge is 0.345 e. The minimum Gasteiger partial charge on any atom is -0.507 e. The predicted octanol–water partition coefficient (Wildman–Crippen LogP) is 3.50. The second-order valence-corrected chi connectivity index (χ2v) is 10.3. The van der Waals surface area contributed by atoms with Gasteiger partial charge in [-0.25, -0.2) is 17.5 Å². The number of hydrogen-bond donors (Lipinski definition) is 1. The molecule has 2 aromatic carbocycles. The van der Waals surface area contributed by atoms with E-state index in [9.17, 15) is 23.1 Å². The highest BCUT2D eigenvalue weighted by atomic mass is 32.2. The zero-order valence-electron chi connectivity index (χ0n) is 19.0. The lowest BCUT2D eigenvalue weighted by atomic mass is 10.1. The van der Waals surface area contributed by atoms with Crippen LogP contribution in [0.2, 0.25) is 0 Å². The van der Waals surface area contributed by atoms with Gasteiger partial charge in [0.1, 0.15) is 22.0 Å². The van der Waals surface area contributed by atoms with Crippen LogP contribution in [-0.4, -0.2) is 49.0 Å². The number of benzene rings is 2. The Labute approximate surface area is 193 Å². The summed E-state index contributed by atoms with van der Waals surface area (Å²) in [5.41, 5.74) is 0.429. The molecule has 3 rings (SSSR count). The molecule has 1 N–H and O–H groups in total. The van der Waals surface area contributed by atoms with Crippen LogP contribution in [0.3, 0.4) is 0 Å². The molecule has 1 aliphatic rings. The number of ether oxygens (including phenoxy) is 2. The summed E-state index contributed by atoms with van der Waals surface area (Å²) in [7, 11) is -2.71. The molecule has 0 unspecified atom stereocenters. The molecule has 0 atom stereocenters. The third-order valence-electron chi connectivity index (χ3n) is 5.05. The first-order valence-corrected chi connectivity index (χ1v) is 11.8. The van der Waals surface area contributed by atoms with Crippen molar-refractivity contribution in [2.45, 2.75) is 39.2 Å². The zero-order valence-corrected chi connectivity index (χ0v) is 19.8. The van der Waals surface area contributed by atoms with E-state index in [1.54, 1.807) is 51.1 Å². The lowest BCUT2D eigenvalue weighted by molar-refractivity contribution is -0.123. The fraction of sp³-hybridized carbons (Fsp3) is 0.333. The molecule has 0 saturated carbocycles. The molecule has 0 saturated heterocycles. The Morgan fingerprint density at radius 3 is 2.45 bits per heavy atom. The Balaban J connectivity index is 1.69. The lowest BCUT2D eigenvalue weighted by Gasteiger charge is -2.30. The van der Waals surface area contributed by atoms with E-state index in [0.717, 1.165) is 9.87 Å². The molecule has 8 nitrogen and oxygen atoms in total. The summed E-state index contributed by atoms with van der Waals surface area (Å²) >= 11 is 0. The maximum atomic E-state index is 13.0. The van der Waals surface area contributed by atoms with Crippen molar-refractivity contribution in [1.29, 1.82) is 0 Å². The summed E-state index contributed by atoms with van der Waals surface area (Å²) in [6.07, 6.45) is 2.31.